The predicted molar refractivity (Wildman–Crippen MR) is 108 cm³/mol. The number of nitrogens with zero attached hydrogens (tertiary/aromatic N) is 1. The van der Waals surface area contributed by atoms with Crippen molar-refractivity contribution < 1.29 is 13.9 Å². The normalized spacial score (nSPS) is 18.8. The van der Waals surface area contributed by atoms with E-state index in [2.05, 4.69) is 22.3 Å². The number of hydrogen-bond donors (Lipinski definition) is 1. The molecular weight excluding hydrogens is 355 g/mol. The van der Waals surface area contributed by atoms with E-state index in [1.165, 1.54) is 24.6 Å². The Kier molecular flexibility index (Phi) is 5.62. The highest BCUT2D eigenvalue weighted by Gasteiger charge is 2.43. The van der Waals surface area contributed by atoms with E-state index in [0.717, 1.165) is 18.7 Å². The van der Waals surface area contributed by atoms with Gasteiger partial charge >= 0.3 is 0 Å². The lowest BCUT2D eigenvalue weighted by molar-refractivity contribution is -0.130. The standard InChI is InChI=1S/C23H27FN2O2/c24-20-9-3-2-8-19(20)23(11-15-28-16-12-23)22(27)25-17-18-7-1-4-10-21(18)26-13-5-6-14-26/h1-4,7-10H,5-6,11-17H2,(H,25,27). The van der Waals surface area contributed by atoms with Crippen LogP contribution in [-0.2, 0) is 21.5 Å². The number of carbonyl (C=O) groups excluding carboxylic acids is 1. The molecule has 0 spiro atoms. The first-order chi connectivity index (χ1) is 13.7. The van der Waals surface area contributed by atoms with E-state index < -0.39 is 5.41 Å². The molecule has 0 bridgehead atoms. The van der Waals surface area contributed by atoms with Gasteiger partial charge in [0.25, 0.3) is 0 Å². The van der Waals surface area contributed by atoms with Crippen molar-refractivity contribution in [1.82, 2.24) is 5.32 Å². The van der Waals surface area contributed by atoms with Crippen LogP contribution in [0.3, 0.4) is 0 Å². The van der Waals surface area contributed by atoms with E-state index in [4.69, 9.17) is 4.74 Å². The zero-order valence-electron chi connectivity index (χ0n) is 16.1. The lowest BCUT2D eigenvalue weighted by Crippen LogP contribution is -2.48. The summed E-state index contributed by atoms with van der Waals surface area (Å²) in [6.45, 7) is 3.49. The summed E-state index contributed by atoms with van der Waals surface area (Å²) in [6.07, 6.45) is 3.40. The van der Waals surface area contributed by atoms with Crippen molar-refractivity contribution in [2.24, 2.45) is 0 Å². The summed E-state index contributed by atoms with van der Waals surface area (Å²) in [5.74, 6) is -0.436. The molecule has 2 saturated heterocycles. The number of benzene rings is 2. The number of anilines is 1. The maximum Gasteiger partial charge on any atom is 0.231 e. The third kappa shape index (κ3) is 3.63. The van der Waals surface area contributed by atoms with Crippen molar-refractivity contribution >= 4 is 11.6 Å². The van der Waals surface area contributed by atoms with E-state index in [9.17, 15) is 9.18 Å². The second-order valence-electron chi connectivity index (χ2n) is 7.68. The van der Waals surface area contributed by atoms with Crippen molar-refractivity contribution in [3.8, 4) is 0 Å². The Morgan fingerprint density at radius 1 is 1.04 bits per heavy atom. The van der Waals surface area contributed by atoms with Gasteiger partial charge in [0.2, 0.25) is 5.91 Å². The highest BCUT2D eigenvalue weighted by Crippen LogP contribution is 2.37. The topological polar surface area (TPSA) is 41.6 Å². The Balaban J connectivity index is 1.56. The summed E-state index contributed by atoms with van der Waals surface area (Å²) in [6, 6.07) is 14.9. The molecular formula is C23H27FN2O2. The predicted octanol–water partition coefficient (Wildman–Crippen LogP) is 3.79. The molecule has 5 heteroatoms. The Hall–Kier alpha value is -2.40. The number of hydrogen-bond acceptors (Lipinski definition) is 3. The van der Waals surface area contributed by atoms with Crippen molar-refractivity contribution in [3.05, 3.63) is 65.5 Å². The summed E-state index contributed by atoms with van der Waals surface area (Å²) in [5.41, 5.74) is 1.90. The number of rotatable bonds is 5. The number of para-hydroxylation sites is 1. The summed E-state index contributed by atoms with van der Waals surface area (Å²) >= 11 is 0. The monoisotopic (exact) mass is 382 g/mol. The van der Waals surface area contributed by atoms with Crippen LogP contribution in [0.5, 0.6) is 0 Å². The van der Waals surface area contributed by atoms with Crippen molar-refractivity contribution in [1.29, 1.82) is 0 Å². The van der Waals surface area contributed by atoms with Crippen LogP contribution in [0.2, 0.25) is 0 Å². The number of carbonyl (C=O) groups is 1. The minimum absolute atomic E-state index is 0.114. The fourth-order valence-corrected chi connectivity index (χ4v) is 4.46. The van der Waals surface area contributed by atoms with Crippen LogP contribution in [0, 0.1) is 5.82 Å². The van der Waals surface area contributed by atoms with Gasteiger partial charge in [-0.25, -0.2) is 4.39 Å². The first kappa shape index (κ1) is 18.9. The lowest BCUT2D eigenvalue weighted by atomic mass is 9.73. The van der Waals surface area contributed by atoms with E-state index in [-0.39, 0.29) is 11.7 Å². The van der Waals surface area contributed by atoms with Gasteiger partial charge in [-0.15, -0.1) is 0 Å². The molecule has 2 heterocycles. The quantitative estimate of drug-likeness (QED) is 0.855. The maximum atomic E-state index is 14.6. The molecule has 0 atom stereocenters. The number of amides is 1. The summed E-state index contributed by atoms with van der Waals surface area (Å²) < 4.78 is 20.1. The average molecular weight is 382 g/mol. The van der Waals surface area contributed by atoms with E-state index in [0.29, 0.717) is 38.2 Å². The minimum Gasteiger partial charge on any atom is -0.381 e. The van der Waals surface area contributed by atoms with Crippen LogP contribution in [0.25, 0.3) is 0 Å². The Bertz CT molecular complexity index is 827. The molecule has 0 aliphatic carbocycles. The largest absolute Gasteiger partial charge is 0.381 e. The molecule has 0 saturated carbocycles. The van der Waals surface area contributed by atoms with Gasteiger partial charge in [-0.3, -0.25) is 4.79 Å². The van der Waals surface area contributed by atoms with Gasteiger partial charge in [-0.2, -0.15) is 0 Å². The van der Waals surface area contributed by atoms with Gasteiger partial charge in [-0.05, 0) is 43.4 Å². The Morgan fingerprint density at radius 3 is 2.46 bits per heavy atom. The summed E-state index contributed by atoms with van der Waals surface area (Å²) in [4.78, 5) is 15.7. The number of ether oxygens (including phenoxy) is 1. The average Bonchev–Trinajstić information content (AvgIpc) is 3.28. The molecule has 2 aliphatic rings. The second-order valence-corrected chi connectivity index (χ2v) is 7.68. The van der Waals surface area contributed by atoms with Gasteiger partial charge in [0.15, 0.2) is 0 Å². The summed E-state index contributed by atoms with van der Waals surface area (Å²) in [5, 5.41) is 3.11. The first-order valence-corrected chi connectivity index (χ1v) is 10.1. The molecule has 0 aromatic heterocycles. The zero-order chi connectivity index (χ0) is 19.4. The second kappa shape index (κ2) is 8.31. The van der Waals surface area contributed by atoms with Crippen molar-refractivity contribution in [2.75, 3.05) is 31.2 Å². The first-order valence-electron chi connectivity index (χ1n) is 10.1. The molecule has 4 nitrogen and oxygen atoms in total. The van der Waals surface area contributed by atoms with E-state index >= 15 is 0 Å². The summed E-state index contributed by atoms with van der Waals surface area (Å²) in [7, 11) is 0. The van der Waals surface area contributed by atoms with Gasteiger partial charge in [0, 0.05) is 44.1 Å². The third-order valence-electron chi connectivity index (χ3n) is 6.05. The number of nitrogens with one attached hydrogen (secondary N) is 1. The maximum absolute atomic E-state index is 14.6. The van der Waals surface area contributed by atoms with Gasteiger partial charge in [-0.1, -0.05) is 36.4 Å². The van der Waals surface area contributed by atoms with Gasteiger partial charge < -0.3 is 15.0 Å². The van der Waals surface area contributed by atoms with Crippen LogP contribution >= 0.6 is 0 Å². The fourth-order valence-electron chi connectivity index (χ4n) is 4.46. The Morgan fingerprint density at radius 2 is 1.71 bits per heavy atom. The van der Waals surface area contributed by atoms with Crippen LogP contribution in [0.1, 0.15) is 36.8 Å². The highest BCUT2D eigenvalue weighted by atomic mass is 19.1. The van der Waals surface area contributed by atoms with E-state index in [1.807, 2.05) is 12.1 Å². The molecule has 0 unspecified atom stereocenters. The van der Waals surface area contributed by atoms with Crippen LogP contribution in [-0.4, -0.2) is 32.2 Å². The highest BCUT2D eigenvalue weighted by molar-refractivity contribution is 5.88. The molecule has 1 N–H and O–H groups in total. The molecule has 2 aliphatic heterocycles. The third-order valence-corrected chi connectivity index (χ3v) is 6.05. The van der Waals surface area contributed by atoms with E-state index in [1.54, 1.807) is 18.2 Å². The fraction of sp³-hybridized carbons (Fsp3) is 0.435. The van der Waals surface area contributed by atoms with Crippen molar-refractivity contribution in [3.63, 3.8) is 0 Å². The lowest BCUT2D eigenvalue weighted by Gasteiger charge is -2.36. The van der Waals surface area contributed by atoms with Crippen LogP contribution < -0.4 is 10.2 Å². The molecule has 148 valence electrons. The SMILES string of the molecule is O=C(NCc1ccccc1N1CCCC1)C1(c2ccccc2F)CCOCC1. The Labute approximate surface area is 165 Å². The smallest absolute Gasteiger partial charge is 0.231 e. The molecule has 28 heavy (non-hydrogen) atoms. The van der Waals surface area contributed by atoms with Gasteiger partial charge in [0.1, 0.15) is 5.82 Å². The number of halogens is 1. The van der Waals surface area contributed by atoms with Crippen LogP contribution in [0.15, 0.2) is 48.5 Å². The molecule has 2 aromatic rings. The molecule has 4 rings (SSSR count). The molecule has 0 radical (unpaired) electrons. The van der Waals surface area contributed by atoms with Crippen molar-refractivity contribution in [2.45, 2.75) is 37.6 Å². The molecule has 2 aromatic carbocycles. The molecule has 1 amide bonds. The minimum atomic E-state index is -0.869. The zero-order valence-corrected chi connectivity index (χ0v) is 16.1. The van der Waals surface area contributed by atoms with Crippen LogP contribution in [0.4, 0.5) is 10.1 Å². The van der Waals surface area contributed by atoms with Gasteiger partial charge in [0.05, 0.1) is 5.41 Å². The molecule has 2 fully saturated rings.